The summed E-state index contributed by atoms with van der Waals surface area (Å²) in [5, 5.41) is 11.2. The van der Waals surface area contributed by atoms with Crippen LogP contribution in [0.1, 0.15) is 54.9 Å². The van der Waals surface area contributed by atoms with Gasteiger partial charge in [-0.3, -0.25) is 0 Å². The summed E-state index contributed by atoms with van der Waals surface area (Å²) < 4.78 is 0. The largest absolute Gasteiger partial charge is 0.387 e. The fourth-order valence-electron chi connectivity index (χ4n) is 3.86. The average molecular weight is 280 g/mol. The first-order chi connectivity index (χ1) is 10.2. The van der Waals surface area contributed by atoms with Gasteiger partial charge in [-0.05, 0) is 36.5 Å². The predicted molar refractivity (Wildman–Crippen MR) is 87.3 cm³/mol. The van der Waals surface area contributed by atoms with Crippen LogP contribution >= 0.6 is 0 Å². The second-order valence-electron chi connectivity index (χ2n) is 6.34. The number of aliphatic hydroxyl groups is 1. The van der Waals surface area contributed by atoms with Gasteiger partial charge >= 0.3 is 0 Å². The molecular formula is C20H24O. The maximum absolute atomic E-state index is 11.2. The highest BCUT2D eigenvalue weighted by Crippen LogP contribution is 2.48. The quantitative estimate of drug-likeness (QED) is 0.845. The van der Waals surface area contributed by atoms with E-state index in [0.717, 1.165) is 18.4 Å². The molecule has 0 spiro atoms. The van der Waals surface area contributed by atoms with Crippen molar-refractivity contribution in [3.63, 3.8) is 0 Å². The molecule has 110 valence electrons. The molecule has 1 saturated carbocycles. The van der Waals surface area contributed by atoms with E-state index in [2.05, 4.69) is 49.4 Å². The Kier molecular flexibility index (Phi) is 4.12. The van der Waals surface area contributed by atoms with Crippen LogP contribution in [0, 0.1) is 6.92 Å². The Bertz CT molecular complexity index is 582. The maximum Gasteiger partial charge on any atom is 0.0889 e. The first kappa shape index (κ1) is 14.3. The van der Waals surface area contributed by atoms with E-state index in [1.165, 1.54) is 30.4 Å². The molecule has 21 heavy (non-hydrogen) atoms. The monoisotopic (exact) mass is 280 g/mol. The van der Waals surface area contributed by atoms with Gasteiger partial charge in [-0.25, -0.2) is 0 Å². The van der Waals surface area contributed by atoms with Crippen molar-refractivity contribution in [3.05, 3.63) is 71.3 Å². The molecule has 0 bridgehead atoms. The summed E-state index contributed by atoms with van der Waals surface area (Å²) in [5.41, 5.74) is 3.45. The third kappa shape index (κ3) is 2.63. The molecule has 0 saturated heterocycles. The van der Waals surface area contributed by atoms with E-state index in [9.17, 15) is 5.11 Å². The first-order valence-corrected chi connectivity index (χ1v) is 8.03. The Morgan fingerprint density at radius 1 is 0.857 bits per heavy atom. The highest BCUT2D eigenvalue weighted by atomic mass is 16.3. The van der Waals surface area contributed by atoms with Crippen LogP contribution in [-0.4, -0.2) is 5.11 Å². The molecule has 1 atom stereocenters. The minimum absolute atomic E-state index is 0.119. The van der Waals surface area contributed by atoms with Crippen LogP contribution in [-0.2, 0) is 5.41 Å². The Hall–Kier alpha value is -1.60. The number of rotatable bonds is 3. The molecule has 2 aromatic rings. The van der Waals surface area contributed by atoms with Gasteiger partial charge in [-0.2, -0.15) is 0 Å². The van der Waals surface area contributed by atoms with Crippen LogP contribution in [0.5, 0.6) is 0 Å². The molecule has 1 aliphatic carbocycles. The summed E-state index contributed by atoms with van der Waals surface area (Å²) in [7, 11) is 0. The number of hydrogen-bond donors (Lipinski definition) is 1. The van der Waals surface area contributed by atoms with E-state index in [1.807, 2.05) is 12.1 Å². The molecule has 1 aliphatic rings. The molecule has 2 aromatic carbocycles. The molecular weight excluding hydrogens is 256 g/mol. The van der Waals surface area contributed by atoms with Crippen molar-refractivity contribution in [2.45, 2.75) is 50.5 Å². The van der Waals surface area contributed by atoms with Gasteiger partial charge in [-0.1, -0.05) is 73.9 Å². The Morgan fingerprint density at radius 3 is 2.14 bits per heavy atom. The summed E-state index contributed by atoms with van der Waals surface area (Å²) in [4.78, 5) is 0. The highest BCUT2D eigenvalue weighted by Gasteiger charge is 2.41. The number of aryl methyl sites for hydroxylation is 1. The van der Waals surface area contributed by atoms with Crippen LogP contribution in [0.15, 0.2) is 54.6 Å². The molecule has 0 heterocycles. The number of benzene rings is 2. The lowest BCUT2D eigenvalue weighted by atomic mass is 9.64. The zero-order valence-electron chi connectivity index (χ0n) is 12.8. The lowest BCUT2D eigenvalue weighted by molar-refractivity contribution is 0.0523. The fraction of sp³-hybridized carbons (Fsp3) is 0.400. The fourth-order valence-corrected chi connectivity index (χ4v) is 3.86. The van der Waals surface area contributed by atoms with Crippen LogP contribution in [0.2, 0.25) is 0 Å². The van der Waals surface area contributed by atoms with Crippen molar-refractivity contribution in [1.29, 1.82) is 0 Å². The first-order valence-electron chi connectivity index (χ1n) is 8.03. The zero-order chi connectivity index (χ0) is 14.7. The third-order valence-corrected chi connectivity index (χ3v) is 5.10. The Labute approximate surface area is 127 Å². The minimum Gasteiger partial charge on any atom is -0.387 e. The van der Waals surface area contributed by atoms with E-state index in [4.69, 9.17) is 0 Å². The zero-order valence-corrected chi connectivity index (χ0v) is 12.8. The van der Waals surface area contributed by atoms with Crippen molar-refractivity contribution in [2.24, 2.45) is 0 Å². The molecule has 0 aliphatic heterocycles. The summed E-state index contributed by atoms with van der Waals surface area (Å²) >= 11 is 0. The van der Waals surface area contributed by atoms with Gasteiger partial charge in [0.05, 0.1) is 6.10 Å². The smallest absolute Gasteiger partial charge is 0.0889 e. The highest BCUT2D eigenvalue weighted by molar-refractivity contribution is 5.36. The average Bonchev–Trinajstić information content (AvgIpc) is 2.56. The predicted octanol–water partition coefficient (Wildman–Crippen LogP) is 4.93. The molecule has 3 rings (SSSR count). The molecule has 1 nitrogen and oxygen atoms in total. The summed E-state index contributed by atoms with van der Waals surface area (Å²) in [6.45, 7) is 2.10. The van der Waals surface area contributed by atoms with Crippen LogP contribution < -0.4 is 0 Å². The van der Waals surface area contributed by atoms with Crippen LogP contribution in [0.3, 0.4) is 0 Å². The minimum atomic E-state index is -0.415. The molecule has 1 N–H and O–H groups in total. The van der Waals surface area contributed by atoms with Gasteiger partial charge in [-0.15, -0.1) is 0 Å². The van der Waals surface area contributed by atoms with Crippen molar-refractivity contribution >= 4 is 0 Å². The number of aliphatic hydroxyl groups excluding tert-OH is 1. The third-order valence-electron chi connectivity index (χ3n) is 5.10. The van der Waals surface area contributed by atoms with Crippen LogP contribution in [0.4, 0.5) is 0 Å². The molecule has 1 unspecified atom stereocenters. The van der Waals surface area contributed by atoms with Gasteiger partial charge in [0, 0.05) is 5.41 Å². The summed E-state index contributed by atoms with van der Waals surface area (Å²) in [5.74, 6) is 0. The standard InChI is InChI=1S/C20H24O/c1-16-10-6-7-13-18(16)19(21)20(14-8-3-9-15-20)17-11-4-2-5-12-17/h2,4-7,10-13,19,21H,3,8-9,14-15H2,1H3. The van der Waals surface area contributed by atoms with E-state index < -0.39 is 6.10 Å². The molecule has 0 aromatic heterocycles. The Morgan fingerprint density at radius 2 is 1.48 bits per heavy atom. The van der Waals surface area contributed by atoms with Crippen molar-refractivity contribution in [2.75, 3.05) is 0 Å². The molecule has 1 fully saturated rings. The molecule has 0 radical (unpaired) electrons. The van der Waals surface area contributed by atoms with Gasteiger partial charge < -0.3 is 5.11 Å². The summed E-state index contributed by atoms with van der Waals surface area (Å²) in [6, 6.07) is 18.9. The van der Waals surface area contributed by atoms with Gasteiger partial charge in [0.15, 0.2) is 0 Å². The number of hydrogen-bond acceptors (Lipinski definition) is 1. The normalized spacial score (nSPS) is 19.1. The lowest BCUT2D eigenvalue weighted by Crippen LogP contribution is -2.36. The Balaban J connectivity index is 2.06. The van der Waals surface area contributed by atoms with Crippen molar-refractivity contribution < 1.29 is 5.11 Å². The van der Waals surface area contributed by atoms with Crippen LogP contribution in [0.25, 0.3) is 0 Å². The van der Waals surface area contributed by atoms with E-state index >= 15 is 0 Å². The SMILES string of the molecule is Cc1ccccc1C(O)C1(c2ccccc2)CCCCC1. The maximum atomic E-state index is 11.2. The second kappa shape index (κ2) is 6.03. The van der Waals surface area contributed by atoms with Crippen molar-refractivity contribution in [3.8, 4) is 0 Å². The topological polar surface area (TPSA) is 20.2 Å². The molecule has 0 amide bonds. The van der Waals surface area contributed by atoms with Crippen molar-refractivity contribution in [1.82, 2.24) is 0 Å². The van der Waals surface area contributed by atoms with Gasteiger partial charge in [0.2, 0.25) is 0 Å². The van der Waals surface area contributed by atoms with Gasteiger partial charge in [0.1, 0.15) is 0 Å². The second-order valence-corrected chi connectivity index (χ2v) is 6.34. The molecule has 1 heteroatoms. The van der Waals surface area contributed by atoms with E-state index in [1.54, 1.807) is 0 Å². The van der Waals surface area contributed by atoms with Gasteiger partial charge in [0.25, 0.3) is 0 Å². The van der Waals surface area contributed by atoms with E-state index in [-0.39, 0.29) is 5.41 Å². The lowest BCUT2D eigenvalue weighted by Gasteiger charge is -2.42. The van der Waals surface area contributed by atoms with E-state index in [0.29, 0.717) is 0 Å². The summed E-state index contributed by atoms with van der Waals surface area (Å²) in [6.07, 6.45) is 5.44.